The highest BCUT2D eigenvalue weighted by atomic mass is 32.2. The molecule has 12 heteroatoms. The van der Waals surface area contributed by atoms with Gasteiger partial charge in [0.05, 0.1) is 31.2 Å². The monoisotopic (exact) mass is 690 g/mol. The van der Waals surface area contributed by atoms with Crippen LogP contribution >= 0.6 is 22.7 Å². The Labute approximate surface area is 278 Å². The molecule has 0 radical (unpaired) electrons. The van der Waals surface area contributed by atoms with Gasteiger partial charge in [0.15, 0.2) is 0 Å². The van der Waals surface area contributed by atoms with Crippen molar-refractivity contribution >= 4 is 42.7 Å². The largest absolute Gasteiger partial charge is 0.243 e. The lowest BCUT2D eigenvalue weighted by Crippen LogP contribution is -2.30. The molecule has 0 fully saturated rings. The fourth-order valence-corrected chi connectivity index (χ4v) is 9.13. The van der Waals surface area contributed by atoms with E-state index in [2.05, 4.69) is 44.6 Å². The highest BCUT2D eigenvalue weighted by molar-refractivity contribution is 7.89. The first-order valence-corrected chi connectivity index (χ1v) is 19.9. The molecule has 0 atom stereocenters. The van der Waals surface area contributed by atoms with Gasteiger partial charge in [-0.1, -0.05) is 86.6 Å². The van der Waals surface area contributed by atoms with Gasteiger partial charge in [0.2, 0.25) is 20.0 Å². The van der Waals surface area contributed by atoms with Gasteiger partial charge in [0.1, 0.15) is 0 Å². The molecular weight excluding hydrogens is 645 g/mol. The molecule has 0 aliphatic carbocycles. The number of sulfonamides is 2. The van der Waals surface area contributed by atoms with E-state index in [1.807, 2.05) is 62.7 Å². The lowest BCUT2D eigenvalue weighted by molar-refractivity contribution is 0.444. The van der Waals surface area contributed by atoms with Gasteiger partial charge in [0.25, 0.3) is 0 Å². The summed E-state index contributed by atoms with van der Waals surface area (Å²) in [7, 11) is -6.80. The number of rotatable bonds is 11. The van der Waals surface area contributed by atoms with Gasteiger partial charge in [-0.05, 0) is 24.3 Å². The molecule has 0 unspecified atom stereocenters. The predicted molar refractivity (Wildman–Crippen MR) is 188 cm³/mol. The van der Waals surface area contributed by atoms with E-state index in [1.165, 1.54) is 8.61 Å². The first kappa shape index (κ1) is 37.0. The molecule has 4 rings (SSSR count). The topological polar surface area (TPSA) is 101 Å². The van der Waals surface area contributed by atoms with E-state index in [9.17, 15) is 16.8 Å². The van der Waals surface area contributed by atoms with E-state index in [0.29, 0.717) is 41.9 Å². The average Bonchev–Trinajstić information content (AvgIpc) is 3.70. The quantitative estimate of drug-likeness (QED) is 0.158. The van der Waals surface area contributed by atoms with E-state index >= 15 is 0 Å². The molecule has 0 saturated carbocycles. The first-order chi connectivity index (χ1) is 21.1. The number of aromatic nitrogens is 2. The molecule has 2 aromatic heterocycles. The van der Waals surface area contributed by atoms with E-state index in [0.717, 1.165) is 32.5 Å². The van der Waals surface area contributed by atoms with Crippen LogP contribution in [0, 0.1) is 0 Å². The summed E-state index contributed by atoms with van der Waals surface area (Å²) < 4.78 is 52.8. The van der Waals surface area contributed by atoms with Crippen LogP contribution in [0.1, 0.15) is 78.2 Å². The Morgan fingerprint density at radius 1 is 0.644 bits per heavy atom. The van der Waals surface area contributed by atoms with Crippen molar-refractivity contribution in [3.05, 3.63) is 69.3 Å². The lowest BCUT2D eigenvalue weighted by Gasteiger charge is -2.18. The van der Waals surface area contributed by atoms with Crippen molar-refractivity contribution < 1.29 is 16.8 Å². The van der Waals surface area contributed by atoms with Crippen molar-refractivity contribution in [3.8, 4) is 22.5 Å². The van der Waals surface area contributed by atoms with Crippen molar-refractivity contribution in [1.29, 1.82) is 0 Å². The molecule has 2 aromatic carbocycles. The number of benzene rings is 2. The maximum atomic E-state index is 12.5. The summed E-state index contributed by atoms with van der Waals surface area (Å²) in [5.41, 5.74) is 3.71. The molecule has 2 heterocycles. The normalized spacial score (nSPS) is 12.5. The summed E-state index contributed by atoms with van der Waals surface area (Å²) in [6.07, 6.45) is 0. The van der Waals surface area contributed by atoms with Crippen LogP contribution in [-0.4, -0.2) is 61.6 Å². The Kier molecular flexibility index (Phi) is 12.7. The SMILES string of the molecule is CCN(CC)S(=O)(=O)c1ccc(-c2csc(C(C)(C)C)n2)cc1.CCN(CC)S(=O)(=O)c1ccc(-c2csc(C(C)C)n2)cc1. The second kappa shape index (κ2) is 15.4. The average molecular weight is 691 g/mol. The Balaban J connectivity index is 0.000000246. The Morgan fingerprint density at radius 2 is 1.02 bits per heavy atom. The van der Waals surface area contributed by atoms with E-state index in [4.69, 9.17) is 0 Å². The third-order valence-electron chi connectivity index (χ3n) is 7.15. The molecule has 8 nitrogen and oxygen atoms in total. The van der Waals surface area contributed by atoms with Crippen LogP contribution in [-0.2, 0) is 25.5 Å². The highest BCUT2D eigenvalue weighted by Gasteiger charge is 2.23. The van der Waals surface area contributed by atoms with Crippen LogP contribution in [0.15, 0.2) is 69.1 Å². The molecule has 45 heavy (non-hydrogen) atoms. The van der Waals surface area contributed by atoms with E-state index < -0.39 is 20.0 Å². The molecule has 0 bridgehead atoms. The second-order valence-corrected chi connectivity index (χ2v) is 17.4. The maximum Gasteiger partial charge on any atom is 0.243 e. The first-order valence-electron chi connectivity index (χ1n) is 15.2. The molecular formula is C33H46N4O4S4. The minimum Gasteiger partial charge on any atom is -0.241 e. The van der Waals surface area contributed by atoms with Crippen molar-refractivity contribution in [3.63, 3.8) is 0 Å². The van der Waals surface area contributed by atoms with Gasteiger partial charge < -0.3 is 0 Å². The van der Waals surface area contributed by atoms with Crippen molar-refractivity contribution in [2.45, 2.75) is 83.4 Å². The second-order valence-electron chi connectivity index (χ2n) is 11.7. The van der Waals surface area contributed by atoms with Crippen LogP contribution in [0.5, 0.6) is 0 Å². The molecule has 0 aliphatic rings. The van der Waals surface area contributed by atoms with Gasteiger partial charge in [-0.25, -0.2) is 26.8 Å². The minimum atomic E-state index is -3.40. The highest BCUT2D eigenvalue weighted by Crippen LogP contribution is 2.31. The molecule has 0 saturated heterocycles. The fraction of sp³-hybridized carbons (Fsp3) is 0.455. The number of hydrogen-bond acceptors (Lipinski definition) is 8. The zero-order valence-corrected chi connectivity index (χ0v) is 31.0. The van der Waals surface area contributed by atoms with Crippen LogP contribution < -0.4 is 0 Å². The number of thiazole rings is 2. The van der Waals surface area contributed by atoms with Crippen LogP contribution in [0.25, 0.3) is 22.5 Å². The molecule has 246 valence electrons. The summed E-state index contributed by atoms with van der Waals surface area (Å²) in [4.78, 5) is 9.93. The maximum absolute atomic E-state index is 12.5. The van der Waals surface area contributed by atoms with Crippen LogP contribution in [0.2, 0.25) is 0 Å². The number of nitrogens with zero attached hydrogens (tertiary/aromatic N) is 4. The van der Waals surface area contributed by atoms with Gasteiger partial charge in [-0.15, -0.1) is 22.7 Å². The zero-order chi connectivity index (χ0) is 33.6. The Bertz CT molecular complexity index is 1730. The summed E-state index contributed by atoms with van der Waals surface area (Å²) in [6.45, 7) is 19.9. The van der Waals surface area contributed by atoms with E-state index in [1.54, 1.807) is 46.9 Å². The predicted octanol–water partition coefficient (Wildman–Crippen LogP) is 8.10. The summed E-state index contributed by atoms with van der Waals surface area (Å²) in [6, 6.07) is 14.0. The standard InChI is InChI=1S/C17H24N2O2S2.C16H22N2O2S2/c1-6-19(7-2)23(20,21)14-10-8-13(9-11-14)15-12-22-16(18-15)17(3,4)5;1-5-18(6-2)22(19,20)14-9-7-13(8-10-14)15-11-21-16(17-15)12(3)4/h8-12H,6-7H2,1-5H3;7-12H,5-6H2,1-4H3. The van der Waals surface area contributed by atoms with Gasteiger partial charge in [-0.3, -0.25) is 0 Å². The molecule has 0 aliphatic heterocycles. The van der Waals surface area contributed by atoms with Gasteiger partial charge in [-0.2, -0.15) is 8.61 Å². The summed E-state index contributed by atoms with van der Waals surface area (Å²) in [5, 5.41) is 6.21. The summed E-state index contributed by atoms with van der Waals surface area (Å²) >= 11 is 3.27. The minimum absolute atomic E-state index is 0.0228. The molecule has 0 N–H and O–H groups in total. The Hall–Kier alpha value is -2.48. The Morgan fingerprint density at radius 3 is 1.33 bits per heavy atom. The zero-order valence-electron chi connectivity index (χ0n) is 27.7. The third-order valence-corrected chi connectivity index (χ3v) is 13.7. The fourth-order valence-electron chi connectivity index (χ4n) is 4.46. The van der Waals surface area contributed by atoms with Crippen LogP contribution in [0.4, 0.5) is 0 Å². The van der Waals surface area contributed by atoms with Crippen molar-refractivity contribution in [2.24, 2.45) is 0 Å². The molecule has 0 amide bonds. The lowest BCUT2D eigenvalue weighted by atomic mass is 9.98. The van der Waals surface area contributed by atoms with Crippen molar-refractivity contribution in [2.75, 3.05) is 26.2 Å². The molecule has 4 aromatic rings. The summed E-state index contributed by atoms with van der Waals surface area (Å²) in [5.74, 6) is 0.404. The van der Waals surface area contributed by atoms with E-state index in [-0.39, 0.29) is 5.41 Å². The molecule has 0 spiro atoms. The smallest absolute Gasteiger partial charge is 0.241 e. The van der Waals surface area contributed by atoms with Gasteiger partial charge >= 0.3 is 0 Å². The number of hydrogen-bond donors (Lipinski definition) is 0. The third kappa shape index (κ3) is 8.87. The van der Waals surface area contributed by atoms with Gasteiger partial charge in [0, 0.05) is 59.4 Å². The van der Waals surface area contributed by atoms with Crippen molar-refractivity contribution in [1.82, 2.24) is 18.6 Å². The van der Waals surface area contributed by atoms with Crippen LogP contribution in [0.3, 0.4) is 0 Å².